The van der Waals surface area contributed by atoms with Gasteiger partial charge in [-0.15, -0.1) is 0 Å². The molecular formula is C42H45N3O8. The third-order valence-corrected chi connectivity index (χ3v) is 11.2. The summed E-state index contributed by atoms with van der Waals surface area (Å²) in [5.74, 6) is -3.30. The first kappa shape index (κ1) is 36.1. The van der Waals surface area contributed by atoms with E-state index in [-0.39, 0.29) is 25.3 Å². The van der Waals surface area contributed by atoms with Crippen LogP contribution in [-0.2, 0) is 35.1 Å². The van der Waals surface area contributed by atoms with Gasteiger partial charge in [0.2, 0.25) is 11.8 Å². The van der Waals surface area contributed by atoms with Crippen LogP contribution in [0.15, 0.2) is 109 Å². The second kappa shape index (κ2) is 15.0. The standard InChI is InChI=1S/C42H45N3O8/c1-27-37(29-15-8-5-9-16-29)52-41(50)35-33(17-10-11-18-34(47)43(27)2)53-42-23-12-24-44(30-19-21-32(51-3)22-20-30)40(49)38(42)45(39(48)36(35)42)31(26-46)25-28-13-6-4-7-14-28/h4-10,12-17,19-23,27,31,33,35-38,46H,11,18,24-26H2,1-3H3/b17-10-/t27-,31-,33-,35+,36+,37+,38-,42+/m1/s1. The number of ether oxygens (including phenoxy) is 3. The van der Waals surface area contributed by atoms with Gasteiger partial charge >= 0.3 is 5.97 Å². The molecule has 0 aliphatic carbocycles. The number of anilines is 1. The van der Waals surface area contributed by atoms with Crippen molar-refractivity contribution in [3.05, 3.63) is 120 Å². The third kappa shape index (κ3) is 6.53. The van der Waals surface area contributed by atoms with E-state index >= 15 is 9.59 Å². The van der Waals surface area contributed by atoms with Crippen molar-refractivity contribution in [3.63, 3.8) is 0 Å². The Morgan fingerprint density at radius 2 is 1.62 bits per heavy atom. The Labute approximate surface area is 309 Å². The van der Waals surface area contributed by atoms with E-state index in [0.717, 1.165) is 5.56 Å². The van der Waals surface area contributed by atoms with Crippen molar-refractivity contribution >= 4 is 29.4 Å². The number of likely N-dealkylation sites (N-methyl/N-ethyl adjacent to an activating group) is 1. The predicted molar refractivity (Wildman–Crippen MR) is 197 cm³/mol. The average molecular weight is 720 g/mol. The van der Waals surface area contributed by atoms with Crippen molar-refractivity contribution in [3.8, 4) is 5.75 Å². The molecule has 1 spiro atoms. The van der Waals surface area contributed by atoms with Gasteiger partial charge in [-0.05, 0) is 55.2 Å². The van der Waals surface area contributed by atoms with Crippen LogP contribution in [0.25, 0.3) is 0 Å². The van der Waals surface area contributed by atoms with Gasteiger partial charge in [0.25, 0.3) is 5.91 Å². The van der Waals surface area contributed by atoms with E-state index in [4.69, 9.17) is 14.2 Å². The van der Waals surface area contributed by atoms with Crippen LogP contribution in [0.4, 0.5) is 5.69 Å². The second-order valence-electron chi connectivity index (χ2n) is 14.1. The topological polar surface area (TPSA) is 126 Å². The van der Waals surface area contributed by atoms with Gasteiger partial charge in [-0.25, -0.2) is 0 Å². The van der Waals surface area contributed by atoms with E-state index in [0.29, 0.717) is 23.4 Å². The van der Waals surface area contributed by atoms with Crippen molar-refractivity contribution in [1.82, 2.24) is 9.80 Å². The minimum atomic E-state index is -1.57. The highest BCUT2D eigenvalue weighted by Gasteiger charge is 2.72. The number of allylic oxidation sites excluding steroid dienone is 1. The minimum absolute atomic E-state index is 0.102. The molecule has 3 aromatic rings. The molecule has 1 N–H and O–H groups in total. The number of aliphatic hydroxyl groups excluding tert-OH is 1. The molecule has 3 amide bonds. The molecule has 53 heavy (non-hydrogen) atoms. The number of likely N-dealkylation sites (tertiary alicyclic amines) is 1. The number of cyclic esters (lactones) is 1. The molecule has 2 saturated heterocycles. The lowest BCUT2D eigenvalue weighted by Gasteiger charge is -2.38. The van der Waals surface area contributed by atoms with Crippen LogP contribution in [0.2, 0.25) is 0 Å². The first-order chi connectivity index (χ1) is 25.7. The number of fused-ring (bicyclic) bond motifs is 2. The number of carbonyl (C=O) groups is 4. The van der Waals surface area contributed by atoms with Crippen molar-refractivity contribution in [2.45, 2.75) is 62.1 Å². The lowest BCUT2D eigenvalue weighted by molar-refractivity contribution is -0.164. The fraction of sp³-hybridized carbons (Fsp3) is 0.381. The maximum atomic E-state index is 15.1. The summed E-state index contributed by atoms with van der Waals surface area (Å²) in [5, 5.41) is 10.9. The van der Waals surface area contributed by atoms with E-state index in [1.165, 1.54) is 4.90 Å². The molecule has 4 heterocycles. The fourth-order valence-electron chi connectivity index (χ4n) is 8.35. The van der Waals surface area contributed by atoms with Crippen molar-refractivity contribution in [2.75, 3.05) is 32.2 Å². The molecule has 0 saturated carbocycles. The summed E-state index contributed by atoms with van der Waals surface area (Å²) in [5.41, 5.74) is 0.596. The van der Waals surface area contributed by atoms with Crippen LogP contribution in [0.1, 0.15) is 37.0 Å². The van der Waals surface area contributed by atoms with E-state index in [1.807, 2.05) is 73.7 Å². The summed E-state index contributed by atoms with van der Waals surface area (Å²) in [7, 11) is 3.26. The number of hydrogen-bond donors (Lipinski definition) is 1. The SMILES string of the molecule is COc1ccc(N2CC=C[C@]34O[C@@H]5/C=C\CCC(=O)N(C)[C@H](C)[C@@H](c6ccccc6)OC(=O)[C@@H]5[C@H]3C(=O)N([C@@H](CO)Cc3ccccc3)[C@@H]4C2=O)cc1. The highest BCUT2D eigenvalue weighted by molar-refractivity contribution is 6.05. The molecule has 276 valence electrons. The van der Waals surface area contributed by atoms with Gasteiger partial charge in [-0.1, -0.05) is 85.0 Å². The predicted octanol–water partition coefficient (Wildman–Crippen LogP) is 4.26. The zero-order valence-corrected chi connectivity index (χ0v) is 30.1. The number of rotatable bonds is 7. The summed E-state index contributed by atoms with van der Waals surface area (Å²) in [4.78, 5) is 62.8. The maximum absolute atomic E-state index is 15.1. The van der Waals surface area contributed by atoms with Gasteiger partial charge in [0.05, 0.1) is 37.8 Å². The molecule has 7 rings (SSSR count). The zero-order valence-electron chi connectivity index (χ0n) is 30.1. The van der Waals surface area contributed by atoms with E-state index in [9.17, 15) is 14.7 Å². The Hall–Kier alpha value is -5.26. The lowest BCUT2D eigenvalue weighted by Crippen LogP contribution is -2.58. The molecule has 11 nitrogen and oxygen atoms in total. The Balaban J connectivity index is 1.34. The molecule has 11 heteroatoms. The van der Waals surface area contributed by atoms with Crippen molar-refractivity contribution < 1.29 is 38.5 Å². The number of aliphatic hydroxyl groups is 1. The van der Waals surface area contributed by atoms with Crippen LogP contribution in [0.3, 0.4) is 0 Å². The number of amides is 3. The molecule has 3 aromatic carbocycles. The summed E-state index contributed by atoms with van der Waals surface area (Å²) in [6.45, 7) is 1.59. The van der Waals surface area contributed by atoms with E-state index in [1.54, 1.807) is 66.5 Å². The molecule has 8 atom stereocenters. The van der Waals surface area contributed by atoms with Crippen LogP contribution >= 0.6 is 0 Å². The van der Waals surface area contributed by atoms with Crippen LogP contribution in [-0.4, -0.2) is 95.7 Å². The van der Waals surface area contributed by atoms with E-state index in [2.05, 4.69) is 0 Å². The summed E-state index contributed by atoms with van der Waals surface area (Å²) in [6, 6.07) is 23.2. The Morgan fingerprint density at radius 1 is 0.925 bits per heavy atom. The zero-order chi connectivity index (χ0) is 37.3. The molecule has 0 bridgehead atoms. The first-order valence-electron chi connectivity index (χ1n) is 18.1. The summed E-state index contributed by atoms with van der Waals surface area (Å²) in [6.07, 6.45) is 6.19. The van der Waals surface area contributed by atoms with Crippen LogP contribution in [0, 0.1) is 11.8 Å². The van der Waals surface area contributed by atoms with Gasteiger partial charge in [0.15, 0.2) is 0 Å². The summed E-state index contributed by atoms with van der Waals surface area (Å²) < 4.78 is 18.6. The quantitative estimate of drug-likeness (QED) is 0.284. The minimum Gasteiger partial charge on any atom is -0.497 e. The molecule has 0 radical (unpaired) electrons. The maximum Gasteiger partial charge on any atom is 0.313 e. The smallest absolute Gasteiger partial charge is 0.313 e. The number of nitrogens with zero attached hydrogens (tertiary/aromatic N) is 3. The normalized spacial score (nSPS) is 30.0. The molecule has 2 fully saturated rings. The lowest BCUT2D eigenvalue weighted by atomic mass is 9.77. The fourth-order valence-corrected chi connectivity index (χ4v) is 8.35. The monoisotopic (exact) mass is 719 g/mol. The van der Waals surface area contributed by atoms with Crippen molar-refractivity contribution in [1.29, 1.82) is 0 Å². The van der Waals surface area contributed by atoms with E-state index < -0.39 is 72.2 Å². The molecule has 0 unspecified atom stereocenters. The number of hydrogen-bond acceptors (Lipinski definition) is 8. The Morgan fingerprint density at radius 3 is 2.30 bits per heavy atom. The molecular weight excluding hydrogens is 674 g/mol. The van der Waals surface area contributed by atoms with Crippen molar-refractivity contribution in [2.24, 2.45) is 11.8 Å². The second-order valence-corrected chi connectivity index (χ2v) is 14.1. The number of carbonyl (C=O) groups excluding carboxylic acids is 4. The van der Waals surface area contributed by atoms with Gasteiger partial charge in [-0.3, -0.25) is 19.2 Å². The Kier molecular flexibility index (Phi) is 10.2. The summed E-state index contributed by atoms with van der Waals surface area (Å²) >= 11 is 0. The number of benzene rings is 3. The average Bonchev–Trinajstić information content (AvgIpc) is 3.58. The third-order valence-electron chi connectivity index (χ3n) is 11.2. The molecule has 4 aliphatic heterocycles. The van der Waals surface area contributed by atoms with Crippen LogP contribution in [0.5, 0.6) is 5.75 Å². The molecule has 0 aromatic heterocycles. The largest absolute Gasteiger partial charge is 0.497 e. The highest BCUT2D eigenvalue weighted by atomic mass is 16.6. The number of esters is 1. The first-order valence-corrected chi connectivity index (χ1v) is 18.1. The van der Waals surface area contributed by atoms with Gasteiger partial charge in [0.1, 0.15) is 29.4 Å². The van der Waals surface area contributed by atoms with Gasteiger partial charge < -0.3 is 34.0 Å². The Bertz CT molecular complexity index is 1880. The highest BCUT2D eigenvalue weighted by Crippen LogP contribution is 2.54. The van der Waals surface area contributed by atoms with Gasteiger partial charge in [0, 0.05) is 25.7 Å². The molecule has 4 aliphatic rings. The van der Waals surface area contributed by atoms with Gasteiger partial charge in [-0.2, -0.15) is 0 Å². The number of methoxy groups -OCH3 is 1. The van der Waals surface area contributed by atoms with Crippen LogP contribution < -0.4 is 9.64 Å².